The summed E-state index contributed by atoms with van der Waals surface area (Å²) in [5.41, 5.74) is 0.0156. The third-order valence-electron chi connectivity index (χ3n) is 4.32. The van der Waals surface area contributed by atoms with Crippen molar-refractivity contribution in [2.45, 2.75) is 11.8 Å². The van der Waals surface area contributed by atoms with Gasteiger partial charge in [0, 0.05) is 23.5 Å². The van der Waals surface area contributed by atoms with Gasteiger partial charge in [-0.05, 0) is 48.9 Å². The van der Waals surface area contributed by atoms with Gasteiger partial charge in [0.2, 0.25) is 0 Å². The van der Waals surface area contributed by atoms with Crippen LogP contribution in [0.5, 0.6) is 0 Å². The first-order valence-electron chi connectivity index (χ1n) is 8.82. The first-order valence-corrected chi connectivity index (χ1v) is 10.7. The van der Waals surface area contributed by atoms with Crippen molar-refractivity contribution in [2.24, 2.45) is 0 Å². The van der Waals surface area contributed by atoms with Gasteiger partial charge in [0.25, 0.3) is 21.6 Å². The number of halogens is 3. The Morgan fingerprint density at radius 2 is 1.59 bits per heavy atom. The van der Waals surface area contributed by atoms with Gasteiger partial charge in [0.15, 0.2) is 11.6 Å². The molecule has 0 saturated heterocycles. The van der Waals surface area contributed by atoms with Gasteiger partial charge in [-0.25, -0.2) is 17.2 Å². The van der Waals surface area contributed by atoms with E-state index in [0.29, 0.717) is 17.7 Å². The van der Waals surface area contributed by atoms with Crippen molar-refractivity contribution in [2.75, 3.05) is 10.0 Å². The highest BCUT2D eigenvalue weighted by Gasteiger charge is 2.21. The molecule has 0 aliphatic heterocycles. The molecule has 0 bridgehead atoms. The summed E-state index contributed by atoms with van der Waals surface area (Å²) < 4.78 is 54.2. The summed E-state index contributed by atoms with van der Waals surface area (Å²) in [5, 5.41) is 13.1. The maximum atomic E-state index is 13.4. The molecule has 3 rings (SSSR count). The van der Waals surface area contributed by atoms with Crippen LogP contribution in [-0.2, 0) is 10.0 Å². The number of hydrogen-bond donors (Lipinski definition) is 2. The van der Waals surface area contributed by atoms with Crippen LogP contribution in [0.1, 0.15) is 15.9 Å². The number of nitro benzene ring substituents is 1. The number of amides is 1. The predicted molar refractivity (Wildman–Crippen MR) is 114 cm³/mol. The molecule has 2 N–H and O–H groups in total. The number of non-ortho nitro benzene ring substituents is 1. The highest BCUT2D eigenvalue weighted by molar-refractivity contribution is 7.92. The van der Waals surface area contributed by atoms with E-state index in [1.165, 1.54) is 43.3 Å². The second-order valence-corrected chi connectivity index (χ2v) is 8.65. The Hall–Kier alpha value is -3.57. The summed E-state index contributed by atoms with van der Waals surface area (Å²) in [6, 6.07) is 10.2. The number of anilines is 2. The van der Waals surface area contributed by atoms with Crippen molar-refractivity contribution in [3.05, 3.63) is 92.5 Å². The van der Waals surface area contributed by atoms with Crippen molar-refractivity contribution in [1.29, 1.82) is 0 Å². The van der Waals surface area contributed by atoms with E-state index in [2.05, 4.69) is 10.0 Å². The van der Waals surface area contributed by atoms with Crippen LogP contribution in [0.15, 0.2) is 59.5 Å². The third-order valence-corrected chi connectivity index (χ3v) is 6.16. The number of carbonyl (C=O) groups is 1. The molecule has 12 heteroatoms. The smallest absolute Gasteiger partial charge is 0.270 e. The molecule has 0 saturated carbocycles. The highest BCUT2D eigenvalue weighted by atomic mass is 35.5. The van der Waals surface area contributed by atoms with Crippen LogP contribution in [-0.4, -0.2) is 19.2 Å². The van der Waals surface area contributed by atoms with Crippen molar-refractivity contribution in [3.8, 4) is 0 Å². The minimum Gasteiger partial charge on any atom is -0.322 e. The summed E-state index contributed by atoms with van der Waals surface area (Å²) in [7, 11) is -4.13. The van der Waals surface area contributed by atoms with Crippen molar-refractivity contribution in [1.82, 2.24) is 0 Å². The maximum Gasteiger partial charge on any atom is 0.270 e. The van der Waals surface area contributed by atoms with E-state index >= 15 is 0 Å². The summed E-state index contributed by atoms with van der Waals surface area (Å²) in [6.45, 7) is 1.50. The average molecular weight is 482 g/mol. The SMILES string of the molecule is Cc1ccc([N+](=O)[O-])cc1S(=O)(=O)Nc1ccc(NC(=O)c2cc(F)c(F)cc2Cl)cc1. The molecule has 1 amide bonds. The largest absolute Gasteiger partial charge is 0.322 e. The number of aryl methyl sites for hydroxylation is 1. The van der Waals surface area contributed by atoms with E-state index in [9.17, 15) is 32.1 Å². The van der Waals surface area contributed by atoms with E-state index in [-0.39, 0.29) is 32.5 Å². The van der Waals surface area contributed by atoms with Gasteiger partial charge in [-0.1, -0.05) is 17.7 Å². The molecule has 0 atom stereocenters. The van der Waals surface area contributed by atoms with E-state index in [4.69, 9.17) is 11.6 Å². The third kappa shape index (κ3) is 5.01. The summed E-state index contributed by atoms with van der Waals surface area (Å²) in [5.74, 6) is -3.22. The lowest BCUT2D eigenvalue weighted by Crippen LogP contribution is -2.15. The van der Waals surface area contributed by atoms with Crippen LogP contribution in [0, 0.1) is 28.7 Å². The molecule has 3 aromatic carbocycles. The summed E-state index contributed by atoms with van der Waals surface area (Å²) >= 11 is 5.78. The second kappa shape index (κ2) is 8.89. The molecule has 8 nitrogen and oxygen atoms in total. The van der Waals surface area contributed by atoms with Crippen molar-refractivity contribution in [3.63, 3.8) is 0 Å². The monoisotopic (exact) mass is 481 g/mol. The minimum atomic E-state index is -4.13. The van der Waals surface area contributed by atoms with Crippen LogP contribution < -0.4 is 10.0 Å². The topological polar surface area (TPSA) is 118 Å². The molecule has 0 radical (unpaired) electrons. The number of carbonyl (C=O) groups excluding carboxylic acids is 1. The second-order valence-electron chi connectivity index (χ2n) is 6.59. The number of hydrogen-bond acceptors (Lipinski definition) is 5. The Balaban J connectivity index is 1.78. The van der Waals surface area contributed by atoms with Crippen molar-refractivity contribution < 1.29 is 26.9 Å². The fourth-order valence-electron chi connectivity index (χ4n) is 2.72. The van der Waals surface area contributed by atoms with E-state index < -0.39 is 32.5 Å². The van der Waals surface area contributed by atoms with Gasteiger partial charge in [-0.2, -0.15) is 0 Å². The van der Waals surface area contributed by atoms with Gasteiger partial charge in [-0.15, -0.1) is 0 Å². The average Bonchev–Trinajstić information content (AvgIpc) is 2.71. The van der Waals surface area contributed by atoms with Crippen LogP contribution in [0.4, 0.5) is 25.8 Å². The van der Waals surface area contributed by atoms with E-state index in [1.54, 1.807) is 0 Å². The van der Waals surface area contributed by atoms with E-state index in [1.807, 2.05) is 0 Å². The standard InChI is InChI=1S/C20H14ClF2N3O5S/c1-11-2-7-14(26(28)29)8-19(11)32(30,31)25-13-5-3-12(4-6-13)24-20(27)15-9-17(22)18(23)10-16(15)21/h2-10,25H,1H3,(H,24,27). The van der Waals surface area contributed by atoms with Crippen LogP contribution in [0.25, 0.3) is 0 Å². The Bertz CT molecular complexity index is 1330. The molecule has 0 aliphatic rings. The number of nitrogens with zero attached hydrogens (tertiary/aromatic N) is 1. The molecule has 3 aromatic rings. The number of rotatable bonds is 6. The highest BCUT2D eigenvalue weighted by Crippen LogP contribution is 2.25. The van der Waals surface area contributed by atoms with Gasteiger partial charge >= 0.3 is 0 Å². The lowest BCUT2D eigenvalue weighted by molar-refractivity contribution is -0.385. The lowest BCUT2D eigenvalue weighted by atomic mass is 10.2. The molecule has 0 aromatic heterocycles. The van der Waals surface area contributed by atoms with Crippen LogP contribution in [0.2, 0.25) is 5.02 Å². The van der Waals surface area contributed by atoms with Gasteiger partial charge in [-0.3, -0.25) is 19.6 Å². The van der Waals surface area contributed by atoms with Gasteiger partial charge < -0.3 is 5.32 Å². The molecular weight excluding hydrogens is 468 g/mol. The zero-order chi connectivity index (χ0) is 23.6. The lowest BCUT2D eigenvalue weighted by Gasteiger charge is -2.11. The quantitative estimate of drug-likeness (QED) is 0.295. The molecule has 0 aliphatic carbocycles. The Morgan fingerprint density at radius 1 is 1.00 bits per heavy atom. The Morgan fingerprint density at radius 3 is 2.22 bits per heavy atom. The molecule has 32 heavy (non-hydrogen) atoms. The first-order chi connectivity index (χ1) is 15.0. The number of nitro groups is 1. The maximum absolute atomic E-state index is 13.4. The van der Waals surface area contributed by atoms with E-state index in [0.717, 1.165) is 6.07 Å². The fourth-order valence-corrected chi connectivity index (χ4v) is 4.28. The minimum absolute atomic E-state index is 0.125. The summed E-state index contributed by atoms with van der Waals surface area (Å²) in [4.78, 5) is 22.3. The van der Waals surface area contributed by atoms with Crippen LogP contribution in [0.3, 0.4) is 0 Å². The van der Waals surface area contributed by atoms with Crippen molar-refractivity contribution >= 4 is 44.6 Å². The molecule has 0 spiro atoms. The fraction of sp³-hybridized carbons (Fsp3) is 0.0500. The molecular formula is C20H14ClF2N3O5S. The first kappa shape index (κ1) is 23.1. The number of sulfonamides is 1. The summed E-state index contributed by atoms with van der Waals surface area (Å²) in [6.07, 6.45) is 0. The predicted octanol–water partition coefficient (Wildman–Crippen LogP) is 4.89. The van der Waals surface area contributed by atoms with Gasteiger partial charge in [0.1, 0.15) is 0 Å². The molecule has 0 unspecified atom stereocenters. The zero-order valence-corrected chi connectivity index (χ0v) is 17.8. The zero-order valence-electron chi connectivity index (χ0n) is 16.2. The normalized spacial score (nSPS) is 11.1. The Labute approximate surface area is 186 Å². The molecule has 166 valence electrons. The van der Waals surface area contributed by atoms with Crippen LogP contribution >= 0.6 is 11.6 Å². The Kier molecular flexibility index (Phi) is 6.42. The molecule has 0 heterocycles. The number of benzene rings is 3. The van der Waals surface area contributed by atoms with Gasteiger partial charge in [0.05, 0.1) is 20.4 Å². The molecule has 0 fully saturated rings. The number of nitrogens with one attached hydrogen (secondary N) is 2.